The van der Waals surface area contributed by atoms with Gasteiger partial charge in [-0.3, -0.25) is 0 Å². The van der Waals surface area contributed by atoms with Crippen molar-refractivity contribution in [2.45, 2.75) is 19.3 Å². The van der Waals surface area contributed by atoms with Crippen molar-refractivity contribution in [1.29, 1.82) is 0 Å². The molecule has 0 fully saturated rings. The second-order valence-corrected chi connectivity index (χ2v) is 6.20. The molecule has 0 bridgehead atoms. The van der Waals surface area contributed by atoms with Gasteiger partial charge in [0.1, 0.15) is 11.0 Å². The van der Waals surface area contributed by atoms with Crippen molar-refractivity contribution in [3.63, 3.8) is 0 Å². The maximum atomic E-state index is 12.5. The average molecular weight is 305 g/mol. The summed E-state index contributed by atoms with van der Waals surface area (Å²) in [6.45, 7) is -0.478. The highest BCUT2D eigenvalue weighted by Crippen LogP contribution is 2.29. The Kier molecular flexibility index (Phi) is 3.28. The Morgan fingerprint density at radius 2 is 1.94 bits per heavy atom. The molecule has 102 valence electrons. The summed E-state index contributed by atoms with van der Waals surface area (Å²) in [6, 6.07) is 0. The first kappa shape index (κ1) is 13.6. The van der Waals surface area contributed by atoms with Crippen LogP contribution in [0.15, 0.2) is 0 Å². The molecule has 2 heterocycles. The Morgan fingerprint density at radius 1 is 1.28 bits per heavy atom. The van der Waals surface area contributed by atoms with Crippen LogP contribution in [0.2, 0.25) is 0 Å². The minimum atomic E-state index is -4.60. The second kappa shape index (κ2) is 4.35. The number of fused-ring (bicyclic) bond motifs is 1. The first-order valence-corrected chi connectivity index (χ1v) is 6.93. The summed E-state index contributed by atoms with van der Waals surface area (Å²) in [4.78, 5) is 0. The Morgan fingerprint density at radius 3 is 2.50 bits per heavy atom. The van der Waals surface area contributed by atoms with E-state index in [9.17, 15) is 21.6 Å². The molecule has 1 aliphatic rings. The molecule has 11 heteroatoms. The van der Waals surface area contributed by atoms with E-state index in [-0.39, 0.29) is 25.5 Å². The molecule has 0 radical (unpaired) electrons. The standard InChI is InChI=1S/C7H8ClF3N4O2S/c8-4-18(16,17)14-1-2-15-5(3-14)12-13-6(15)7(9,10)11/h1-4H2. The fourth-order valence-electron chi connectivity index (χ4n) is 1.65. The van der Waals surface area contributed by atoms with Crippen LogP contribution in [-0.2, 0) is 29.3 Å². The van der Waals surface area contributed by atoms with Gasteiger partial charge in [0.15, 0.2) is 0 Å². The molecular weight excluding hydrogens is 297 g/mol. The molecule has 0 N–H and O–H groups in total. The predicted octanol–water partition coefficient (Wildman–Crippen LogP) is 0.639. The van der Waals surface area contributed by atoms with E-state index in [0.29, 0.717) is 0 Å². The number of hydrogen-bond acceptors (Lipinski definition) is 4. The Labute approximate surface area is 105 Å². The SMILES string of the molecule is O=S(=O)(CCl)N1CCn2c(nnc2C(F)(F)F)C1. The fourth-order valence-corrected chi connectivity index (χ4v) is 2.88. The average Bonchev–Trinajstić information content (AvgIpc) is 2.71. The van der Waals surface area contributed by atoms with Gasteiger partial charge in [0, 0.05) is 13.1 Å². The minimum Gasteiger partial charge on any atom is -0.305 e. The van der Waals surface area contributed by atoms with Crippen molar-refractivity contribution in [2.75, 3.05) is 11.8 Å². The maximum Gasteiger partial charge on any atom is 0.451 e. The van der Waals surface area contributed by atoms with Crippen LogP contribution < -0.4 is 0 Å². The summed E-state index contributed by atoms with van der Waals surface area (Å²) >= 11 is 5.28. The molecule has 0 aliphatic carbocycles. The summed E-state index contributed by atoms with van der Waals surface area (Å²) in [5, 5.41) is 5.79. The summed E-state index contributed by atoms with van der Waals surface area (Å²) in [5.41, 5.74) is 0. The van der Waals surface area contributed by atoms with Crippen LogP contribution in [0.4, 0.5) is 13.2 Å². The minimum absolute atomic E-state index is 0.0396. The molecule has 1 aromatic heterocycles. The first-order valence-electron chi connectivity index (χ1n) is 4.79. The van der Waals surface area contributed by atoms with Crippen LogP contribution in [0, 0.1) is 0 Å². The van der Waals surface area contributed by atoms with Crippen LogP contribution in [-0.4, -0.2) is 39.2 Å². The van der Waals surface area contributed by atoms with Crippen molar-refractivity contribution < 1.29 is 21.6 Å². The highest BCUT2D eigenvalue weighted by Gasteiger charge is 2.40. The first-order chi connectivity index (χ1) is 8.25. The number of nitrogens with zero attached hydrogens (tertiary/aromatic N) is 4. The molecule has 6 nitrogen and oxygen atoms in total. The third kappa shape index (κ3) is 2.31. The van der Waals surface area contributed by atoms with Crippen molar-refractivity contribution in [3.8, 4) is 0 Å². The molecule has 0 amide bonds. The zero-order chi connectivity index (χ0) is 13.6. The van der Waals surface area contributed by atoms with Gasteiger partial charge >= 0.3 is 6.18 Å². The number of rotatable bonds is 2. The molecule has 2 rings (SSSR count). The second-order valence-electron chi connectivity index (χ2n) is 3.64. The van der Waals surface area contributed by atoms with Gasteiger partial charge in [-0.2, -0.15) is 17.5 Å². The van der Waals surface area contributed by atoms with Crippen LogP contribution in [0.5, 0.6) is 0 Å². The van der Waals surface area contributed by atoms with Crippen molar-refractivity contribution in [3.05, 3.63) is 11.6 Å². The number of alkyl halides is 4. The van der Waals surface area contributed by atoms with E-state index in [2.05, 4.69) is 10.2 Å². The van der Waals surface area contributed by atoms with Gasteiger partial charge in [0.05, 0.1) is 6.54 Å². The summed E-state index contributed by atoms with van der Waals surface area (Å²) in [6.07, 6.45) is -4.60. The molecule has 0 saturated heterocycles. The largest absolute Gasteiger partial charge is 0.451 e. The third-order valence-corrected chi connectivity index (χ3v) is 4.70. The number of aromatic nitrogens is 3. The zero-order valence-corrected chi connectivity index (χ0v) is 10.4. The predicted molar refractivity (Wildman–Crippen MR) is 55.1 cm³/mol. The van der Waals surface area contributed by atoms with E-state index < -0.39 is 27.2 Å². The van der Waals surface area contributed by atoms with Crippen molar-refractivity contribution in [2.24, 2.45) is 0 Å². The lowest BCUT2D eigenvalue weighted by Gasteiger charge is -2.26. The van der Waals surface area contributed by atoms with E-state index in [0.717, 1.165) is 8.87 Å². The van der Waals surface area contributed by atoms with E-state index in [4.69, 9.17) is 11.6 Å². The summed E-state index contributed by atoms with van der Waals surface area (Å²) in [5.74, 6) is -1.15. The molecule has 0 atom stereocenters. The van der Waals surface area contributed by atoms with E-state index in [1.165, 1.54) is 0 Å². The lowest BCUT2D eigenvalue weighted by molar-refractivity contribution is -0.147. The van der Waals surface area contributed by atoms with Crippen LogP contribution in [0.1, 0.15) is 11.6 Å². The van der Waals surface area contributed by atoms with E-state index in [1.54, 1.807) is 0 Å². The highest BCUT2D eigenvalue weighted by atomic mass is 35.5. The Balaban J connectivity index is 2.31. The third-order valence-electron chi connectivity index (χ3n) is 2.50. The molecule has 0 aromatic carbocycles. The fraction of sp³-hybridized carbons (Fsp3) is 0.714. The highest BCUT2D eigenvalue weighted by molar-refractivity contribution is 7.90. The van der Waals surface area contributed by atoms with E-state index in [1.807, 2.05) is 0 Å². The van der Waals surface area contributed by atoms with Gasteiger partial charge in [-0.1, -0.05) is 0 Å². The van der Waals surface area contributed by atoms with Crippen LogP contribution in [0.25, 0.3) is 0 Å². The molecular formula is C7H8ClF3N4O2S. The lowest BCUT2D eigenvalue weighted by atomic mass is 10.4. The maximum absolute atomic E-state index is 12.5. The molecule has 0 spiro atoms. The number of sulfonamides is 1. The topological polar surface area (TPSA) is 68.1 Å². The van der Waals surface area contributed by atoms with Crippen LogP contribution in [0.3, 0.4) is 0 Å². The summed E-state index contributed by atoms with van der Waals surface area (Å²) < 4.78 is 62.4. The molecule has 1 aliphatic heterocycles. The Hall–Kier alpha value is -0.870. The van der Waals surface area contributed by atoms with E-state index >= 15 is 0 Å². The Bertz CT molecular complexity index is 556. The monoisotopic (exact) mass is 304 g/mol. The van der Waals surface area contributed by atoms with Crippen molar-refractivity contribution in [1.82, 2.24) is 19.1 Å². The van der Waals surface area contributed by atoms with Gasteiger partial charge < -0.3 is 4.57 Å². The van der Waals surface area contributed by atoms with Crippen molar-refractivity contribution >= 4 is 21.6 Å². The molecule has 0 unspecified atom stereocenters. The van der Waals surface area contributed by atoms with Gasteiger partial charge in [0.2, 0.25) is 15.8 Å². The lowest BCUT2D eigenvalue weighted by Crippen LogP contribution is -2.39. The normalized spacial score (nSPS) is 17.8. The molecule has 18 heavy (non-hydrogen) atoms. The molecule has 0 saturated carbocycles. The zero-order valence-electron chi connectivity index (χ0n) is 8.85. The summed E-state index contributed by atoms with van der Waals surface area (Å²) in [7, 11) is -3.65. The number of hydrogen-bond donors (Lipinski definition) is 0. The van der Waals surface area contributed by atoms with Gasteiger partial charge in [-0.15, -0.1) is 21.8 Å². The smallest absolute Gasteiger partial charge is 0.305 e. The number of halogens is 4. The van der Waals surface area contributed by atoms with Gasteiger partial charge in [-0.25, -0.2) is 8.42 Å². The quantitative estimate of drug-likeness (QED) is 0.752. The molecule has 1 aromatic rings. The van der Waals surface area contributed by atoms with Crippen LogP contribution >= 0.6 is 11.6 Å². The van der Waals surface area contributed by atoms with Gasteiger partial charge in [0.25, 0.3) is 0 Å². The van der Waals surface area contributed by atoms with Gasteiger partial charge in [-0.05, 0) is 0 Å².